The molecule has 2 aliphatic rings. The number of methoxy groups -OCH3 is 1. The van der Waals surface area contributed by atoms with Crippen LogP contribution in [0.1, 0.15) is 60.2 Å². The first-order chi connectivity index (χ1) is 16.5. The van der Waals surface area contributed by atoms with Crippen molar-refractivity contribution in [3.63, 3.8) is 0 Å². The summed E-state index contributed by atoms with van der Waals surface area (Å²) in [5, 5.41) is 3.34. The maximum atomic E-state index is 12.4. The van der Waals surface area contributed by atoms with E-state index in [0.717, 1.165) is 73.0 Å². The van der Waals surface area contributed by atoms with E-state index >= 15 is 0 Å². The minimum Gasteiger partial charge on any atom is -0.496 e. The number of nitrogens with one attached hydrogen (secondary N) is 1. The van der Waals surface area contributed by atoms with Crippen LogP contribution in [0.25, 0.3) is 0 Å². The molecule has 0 aliphatic carbocycles. The Labute approximate surface area is 202 Å². The molecule has 1 aromatic carbocycles. The van der Waals surface area contributed by atoms with Gasteiger partial charge in [0, 0.05) is 43.7 Å². The van der Waals surface area contributed by atoms with Crippen LogP contribution >= 0.6 is 0 Å². The zero-order valence-electron chi connectivity index (χ0n) is 21.0. The molecule has 8 nitrogen and oxygen atoms in total. The van der Waals surface area contributed by atoms with Crippen molar-refractivity contribution in [2.45, 2.75) is 53.1 Å². The minimum atomic E-state index is -0.296. The fraction of sp³-hybridized carbons (Fsp3) is 0.615. The quantitative estimate of drug-likeness (QED) is 0.279. The lowest BCUT2D eigenvalue weighted by molar-refractivity contribution is -0.143. The minimum absolute atomic E-state index is 0.170. The molecule has 0 spiro atoms. The largest absolute Gasteiger partial charge is 0.496 e. The van der Waals surface area contributed by atoms with Crippen LogP contribution in [0, 0.1) is 6.92 Å². The van der Waals surface area contributed by atoms with Gasteiger partial charge in [-0.05, 0) is 45.6 Å². The number of rotatable bonds is 12. The van der Waals surface area contributed by atoms with Gasteiger partial charge in [0.2, 0.25) is 0 Å². The summed E-state index contributed by atoms with van der Waals surface area (Å²) in [6.07, 6.45) is 4.51. The van der Waals surface area contributed by atoms with E-state index < -0.39 is 0 Å². The predicted octanol–water partition coefficient (Wildman–Crippen LogP) is 3.64. The summed E-state index contributed by atoms with van der Waals surface area (Å²) in [5.41, 5.74) is 5.25. The highest BCUT2D eigenvalue weighted by atomic mass is 16.5. The topological polar surface area (TPSA) is 86.3 Å². The molecule has 2 aliphatic heterocycles. The second kappa shape index (κ2) is 12.8. The summed E-state index contributed by atoms with van der Waals surface area (Å²) < 4.78 is 21.8. The number of ether oxygens (including phenoxy) is 4. The molecule has 188 valence electrons. The van der Waals surface area contributed by atoms with Crippen LogP contribution < -0.4 is 10.1 Å². The summed E-state index contributed by atoms with van der Waals surface area (Å²) in [7, 11) is 1.65. The van der Waals surface area contributed by atoms with Crippen molar-refractivity contribution in [1.82, 2.24) is 4.90 Å². The molecule has 1 fully saturated rings. The molecule has 2 heterocycles. The molecule has 34 heavy (non-hydrogen) atoms. The van der Waals surface area contributed by atoms with Crippen LogP contribution in [-0.2, 0) is 32.0 Å². The first-order valence-electron chi connectivity index (χ1n) is 12.2. The molecule has 1 saturated heterocycles. The number of benzene rings is 1. The monoisotopic (exact) mass is 474 g/mol. The van der Waals surface area contributed by atoms with Gasteiger partial charge < -0.3 is 24.3 Å². The molecule has 0 aromatic heterocycles. The van der Waals surface area contributed by atoms with E-state index in [1.165, 1.54) is 0 Å². The smallest absolute Gasteiger partial charge is 0.341 e. The number of fused-ring (bicyclic) bond motifs is 1. The van der Waals surface area contributed by atoms with Crippen LogP contribution in [0.5, 0.6) is 5.75 Å². The van der Waals surface area contributed by atoms with Gasteiger partial charge in [-0.15, -0.1) is 0 Å². The zero-order valence-corrected chi connectivity index (χ0v) is 21.0. The van der Waals surface area contributed by atoms with Crippen molar-refractivity contribution in [3.05, 3.63) is 33.9 Å². The third-order valence-electron chi connectivity index (χ3n) is 6.39. The van der Waals surface area contributed by atoms with Crippen LogP contribution in [-0.4, -0.2) is 69.9 Å². The van der Waals surface area contributed by atoms with Gasteiger partial charge in [-0.1, -0.05) is 11.6 Å². The third kappa shape index (κ3) is 6.51. The average Bonchev–Trinajstić information content (AvgIpc) is 3.23. The van der Waals surface area contributed by atoms with Gasteiger partial charge >= 0.3 is 11.9 Å². The van der Waals surface area contributed by atoms with E-state index in [1.807, 2.05) is 20.8 Å². The van der Waals surface area contributed by atoms with Crippen molar-refractivity contribution in [2.24, 2.45) is 0 Å². The number of anilines is 1. The van der Waals surface area contributed by atoms with E-state index in [4.69, 9.17) is 18.9 Å². The van der Waals surface area contributed by atoms with Gasteiger partial charge in [0.05, 0.1) is 38.2 Å². The van der Waals surface area contributed by atoms with E-state index in [-0.39, 0.29) is 18.5 Å². The van der Waals surface area contributed by atoms with Crippen LogP contribution in [0.3, 0.4) is 0 Å². The molecule has 1 aromatic rings. The van der Waals surface area contributed by atoms with E-state index in [2.05, 4.69) is 16.3 Å². The van der Waals surface area contributed by atoms with Crippen molar-refractivity contribution >= 4 is 17.6 Å². The molecule has 8 heteroatoms. The summed E-state index contributed by atoms with van der Waals surface area (Å²) in [4.78, 5) is 26.9. The van der Waals surface area contributed by atoms with Gasteiger partial charge in [0.1, 0.15) is 12.4 Å². The van der Waals surface area contributed by atoms with E-state index in [1.54, 1.807) is 7.11 Å². The summed E-state index contributed by atoms with van der Waals surface area (Å²) >= 11 is 0. The molecular formula is C26H38N2O6. The van der Waals surface area contributed by atoms with Crippen molar-refractivity contribution in [1.29, 1.82) is 0 Å². The molecule has 1 N–H and O–H groups in total. The van der Waals surface area contributed by atoms with Crippen LogP contribution in [0.4, 0.5) is 5.69 Å². The highest BCUT2D eigenvalue weighted by molar-refractivity contribution is 6.01. The number of nitrogens with zero attached hydrogens (tertiary/aromatic N) is 1. The van der Waals surface area contributed by atoms with Crippen molar-refractivity contribution < 1.29 is 28.5 Å². The van der Waals surface area contributed by atoms with Gasteiger partial charge in [-0.25, -0.2) is 4.79 Å². The highest BCUT2D eigenvalue weighted by Crippen LogP contribution is 2.41. The Bertz CT molecular complexity index is 905. The molecule has 0 radical (unpaired) electrons. The zero-order chi connectivity index (χ0) is 24.5. The number of hydrogen-bond donors (Lipinski definition) is 1. The number of allylic oxidation sites excluding steroid dienone is 2. The number of esters is 2. The Morgan fingerprint density at radius 2 is 2.00 bits per heavy atom. The lowest BCUT2D eigenvalue weighted by atomic mass is 9.93. The summed E-state index contributed by atoms with van der Waals surface area (Å²) in [6, 6.07) is 0. The molecule has 0 unspecified atom stereocenters. The lowest BCUT2D eigenvalue weighted by Crippen LogP contribution is -2.37. The summed E-state index contributed by atoms with van der Waals surface area (Å²) in [5.74, 6) is 0.309. The molecule has 0 bridgehead atoms. The summed E-state index contributed by atoms with van der Waals surface area (Å²) in [6.45, 7) is 11.8. The standard InChI is InChI=1S/C26H38N2O6/c1-5-27-24-20(25(31-4)19(3)21-17-34-26(30)23(21)24)9-7-18(2)8-10-22(29)33-14-6-11-28-12-15-32-16-13-28/h7,27H,5-6,8-17H2,1-4H3/b18-7+. The first kappa shape index (κ1) is 26.0. The van der Waals surface area contributed by atoms with Crippen LogP contribution in [0.2, 0.25) is 0 Å². The van der Waals surface area contributed by atoms with Gasteiger partial charge in [-0.3, -0.25) is 9.69 Å². The normalized spacial score (nSPS) is 16.2. The lowest BCUT2D eigenvalue weighted by Gasteiger charge is -2.26. The Kier molecular flexibility index (Phi) is 9.77. The fourth-order valence-corrected chi connectivity index (χ4v) is 4.47. The number of hydrogen-bond acceptors (Lipinski definition) is 8. The number of carbonyl (C=O) groups excluding carboxylic acids is 2. The average molecular weight is 475 g/mol. The third-order valence-corrected chi connectivity index (χ3v) is 6.39. The molecule has 0 amide bonds. The second-order valence-electron chi connectivity index (χ2n) is 8.75. The number of cyclic esters (lactones) is 1. The van der Waals surface area contributed by atoms with E-state index in [0.29, 0.717) is 38.0 Å². The van der Waals surface area contributed by atoms with Gasteiger partial charge in [0.25, 0.3) is 0 Å². The molecule has 0 atom stereocenters. The molecule has 3 rings (SSSR count). The van der Waals surface area contributed by atoms with Gasteiger partial charge in [0.15, 0.2) is 0 Å². The Hall–Kier alpha value is -2.58. The first-order valence-corrected chi connectivity index (χ1v) is 12.2. The Balaban J connectivity index is 1.55. The fourth-order valence-electron chi connectivity index (χ4n) is 4.47. The Morgan fingerprint density at radius 3 is 2.71 bits per heavy atom. The Morgan fingerprint density at radius 1 is 1.24 bits per heavy atom. The SMILES string of the molecule is CCNc1c(C/C=C(\C)CCC(=O)OCCCN2CCOCC2)c(OC)c(C)c2c1C(=O)OC2. The molecule has 0 saturated carbocycles. The van der Waals surface area contributed by atoms with Crippen LogP contribution in [0.15, 0.2) is 11.6 Å². The molecular weight excluding hydrogens is 436 g/mol. The number of morpholine rings is 1. The maximum Gasteiger partial charge on any atom is 0.341 e. The number of carbonyl (C=O) groups is 2. The van der Waals surface area contributed by atoms with Crippen molar-refractivity contribution in [3.8, 4) is 5.75 Å². The highest BCUT2D eigenvalue weighted by Gasteiger charge is 2.31. The predicted molar refractivity (Wildman–Crippen MR) is 131 cm³/mol. The van der Waals surface area contributed by atoms with E-state index in [9.17, 15) is 9.59 Å². The van der Waals surface area contributed by atoms with Gasteiger partial charge in [-0.2, -0.15) is 0 Å². The second-order valence-corrected chi connectivity index (χ2v) is 8.75. The maximum absolute atomic E-state index is 12.4. The van der Waals surface area contributed by atoms with Crippen molar-refractivity contribution in [2.75, 3.05) is 58.4 Å².